The van der Waals surface area contributed by atoms with Crippen molar-refractivity contribution in [1.82, 2.24) is 24.6 Å². The van der Waals surface area contributed by atoms with E-state index in [9.17, 15) is 0 Å². The Morgan fingerprint density at radius 2 is 1.59 bits per heavy atom. The van der Waals surface area contributed by atoms with Gasteiger partial charge in [0.15, 0.2) is 5.65 Å². The molecule has 0 amide bonds. The maximum atomic E-state index is 8.98. The summed E-state index contributed by atoms with van der Waals surface area (Å²) in [7, 11) is 0. The number of anilines is 2. The molecule has 4 aromatic rings. The van der Waals surface area contributed by atoms with Crippen molar-refractivity contribution in [3.05, 3.63) is 67.4 Å². The van der Waals surface area contributed by atoms with Gasteiger partial charge in [-0.15, -0.1) is 0 Å². The van der Waals surface area contributed by atoms with Crippen LogP contribution < -0.4 is 4.90 Å². The third-order valence-electron chi connectivity index (χ3n) is 5.61. The second-order valence-corrected chi connectivity index (χ2v) is 8.62. The van der Waals surface area contributed by atoms with E-state index in [2.05, 4.69) is 94.1 Å². The Morgan fingerprint density at radius 3 is 2.19 bits per heavy atom. The Kier molecular flexibility index (Phi) is 6.92. The molecule has 0 spiro atoms. The minimum atomic E-state index is 0.426. The fourth-order valence-electron chi connectivity index (χ4n) is 3.96. The molecule has 0 saturated heterocycles. The van der Waals surface area contributed by atoms with Crippen molar-refractivity contribution < 1.29 is 5.21 Å². The second kappa shape index (κ2) is 10.0. The van der Waals surface area contributed by atoms with Crippen LogP contribution in [0.25, 0.3) is 11.2 Å². The molecule has 7 nitrogen and oxygen atoms in total. The number of rotatable bonds is 5. The van der Waals surface area contributed by atoms with E-state index < -0.39 is 0 Å². The van der Waals surface area contributed by atoms with Crippen LogP contribution >= 0.6 is 11.8 Å². The maximum absolute atomic E-state index is 8.98. The Morgan fingerprint density at radius 1 is 0.969 bits per heavy atom. The summed E-state index contributed by atoms with van der Waals surface area (Å²) in [5, 5.41) is 8.98. The molecular formula is C24H28N6OS. The minimum Gasteiger partial charge on any atom is -0.425 e. The molecule has 5 rings (SSSR count). The van der Waals surface area contributed by atoms with Gasteiger partial charge in [-0.3, -0.25) is 4.90 Å². The topological polar surface area (TPSA) is 70.3 Å². The third-order valence-corrected chi connectivity index (χ3v) is 6.74. The van der Waals surface area contributed by atoms with E-state index in [1.165, 1.54) is 40.0 Å². The molecule has 0 bridgehead atoms. The molecular weight excluding hydrogens is 420 g/mol. The highest BCUT2D eigenvalue weighted by molar-refractivity contribution is 7.99. The first kappa shape index (κ1) is 22.1. The average Bonchev–Trinajstić information content (AvgIpc) is 3.21. The monoisotopic (exact) mass is 448 g/mol. The normalized spacial score (nSPS) is 13.3. The van der Waals surface area contributed by atoms with E-state index in [0.717, 1.165) is 24.4 Å². The highest BCUT2D eigenvalue weighted by Gasteiger charge is 2.25. The molecule has 3 heterocycles. The fourth-order valence-corrected chi connectivity index (χ4v) is 5.06. The van der Waals surface area contributed by atoms with Crippen molar-refractivity contribution in [2.45, 2.75) is 36.6 Å². The number of para-hydroxylation sites is 2. The van der Waals surface area contributed by atoms with Crippen molar-refractivity contribution in [3.63, 3.8) is 0 Å². The van der Waals surface area contributed by atoms with E-state index in [1.54, 1.807) is 0 Å². The maximum Gasteiger partial charge on any atom is 0.198 e. The molecule has 32 heavy (non-hydrogen) atoms. The molecule has 1 aliphatic rings. The highest BCUT2D eigenvalue weighted by atomic mass is 32.2. The smallest absolute Gasteiger partial charge is 0.198 e. The van der Waals surface area contributed by atoms with E-state index in [4.69, 9.17) is 5.21 Å². The minimum absolute atomic E-state index is 0.426. The summed E-state index contributed by atoms with van der Waals surface area (Å²) in [6.45, 7) is 10.0. The summed E-state index contributed by atoms with van der Waals surface area (Å²) >= 11 is 1.88. The lowest BCUT2D eigenvalue weighted by Crippen LogP contribution is -2.41. The van der Waals surface area contributed by atoms with Gasteiger partial charge in [0.05, 0.1) is 17.6 Å². The predicted molar refractivity (Wildman–Crippen MR) is 129 cm³/mol. The lowest BCUT2D eigenvalue weighted by Gasteiger charge is -2.37. The number of hydrogen-bond acceptors (Lipinski definition) is 7. The van der Waals surface area contributed by atoms with Gasteiger partial charge in [-0.25, -0.2) is 15.0 Å². The quantitative estimate of drug-likeness (QED) is 0.427. The summed E-state index contributed by atoms with van der Waals surface area (Å²) in [5.41, 5.74) is 3.69. The number of imidazole rings is 1. The van der Waals surface area contributed by atoms with Gasteiger partial charge in [0.1, 0.15) is 18.2 Å². The van der Waals surface area contributed by atoms with Gasteiger partial charge in [0, 0.05) is 22.4 Å². The van der Waals surface area contributed by atoms with Gasteiger partial charge in [-0.1, -0.05) is 49.9 Å². The molecule has 1 aliphatic heterocycles. The van der Waals surface area contributed by atoms with Crippen LogP contribution in [0.15, 0.2) is 77.2 Å². The van der Waals surface area contributed by atoms with E-state index >= 15 is 0 Å². The first-order valence-electron chi connectivity index (χ1n) is 10.8. The molecule has 2 aromatic heterocycles. The van der Waals surface area contributed by atoms with Crippen LogP contribution in [0.3, 0.4) is 0 Å². The molecule has 1 unspecified atom stereocenters. The Bertz CT molecular complexity index is 1130. The van der Waals surface area contributed by atoms with Crippen LogP contribution in [-0.4, -0.2) is 55.5 Å². The molecule has 0 saturated carbocycles. The molecule has 8 heteroatoms. The van der Waals surface area contributed by atoms with E-state index in [-0.39, 0.29) is 0 Å². The number of benzene rings is 2. The average molecular weight is 449 g/mol. The molecule has 1 atom stereocenters. The van der Waals surface area contributed by atoms with Crippen LogP contribution in [0.4, 0.5) is 11.4 Å². The lowest BCUT2D eigenvalue weighted by molar-refractivity contribution is 0.196. The fraction of sp³-hybridized carbons (Fsp3) is 0.292. The molecule has 0 radical (unpaired) electrons. The Labute approximate surface area is 192 Å². The molecule has 1 N–H and O–H groups in total. The SMILES string of the molecule is CCN(CC)C(C)CN1c2ccccc2Sc2ccccc21.On1cnc2cncnc21. The summed E-state index contributed by atoms with van der Waals surface area (Å²) in [6, 6.07) is 18.0. The summed E-state index contributed by atoms with van der Waals surface area (Å²) in [4.78, 5) is 19.0. The van der Waals surface area contributed by atoms with Crippen LogP contribution in [0, 0.1) is 0 Å². The van der Waals surface area contributed by atoms with Gasteiger partial charge in [-0.2, -0.15) is 4.73 Å². The van der Waals surface area contributed by atoms with Crippen LogP contribution in [0.2, 0.25) is 0 Å². The van der Waals surface area contributed by atoms with Crippen LogP contribution in [0.5, 0.6) is 0 Å². The van der Waals surface area contributed by atoms with E-state index in [0.29, 0.717) is 17.2 Å². The first-order chi connectivity index (χ1) is 15.6. The van der Waals surface area contributed by atoms with Gasteiger partial charge in [-0.05, 0) is 44.3 Å². The highest BCUT2D eigenvalue weighted by Crippen LogP contribution is 2.47. The van der Waals surface area contributed by atoms with Gasteiger partial charge in [0.2, 0.25) is 0 Å². The van der Waals surface area contributed by atoms with Crippen molar-refractivity contribution in [3.8, 4) is 0 Å². The summed E-state index contributed by atoms with van der Waals surface area (Å²) < 4.78 is 0.858. The zero-order valence-electron chi connectivity index (χ0n) is 18.6. The van der Waals surface area contributed by atoms with E-state index in [1.807, 2.05) is 11.8 Å². The van der Waals surface area contributed by atoms with Gasteiger partial charge in [0.25, 0.3) is 0 Å². The summed E-state index contributed by atoms with van der Waals surface area (Å²) in [6.07, 6.45) is 4.17. The van der Waals surface area contributed by atoms with Crippen molar-refractivity contribution in [2.75, 3.05) is 24.5 Å². The Hall–Kier alpha value is -3.10. The molecule has 0 aliphatic carbocycles. The van der Waals surface area contributed by atoms with Crippen LogP contribution in [0.1, 0.15) is 20.8 Å². The number of nitrogens with zero attached hydrogens (tertiary/aromatic N) is 6. The zero-order chi connectivity index (χ0) is 22.5. The number of aromatic nitrogens is 4. The number of hydrogen-bond donors (Lipinski definition) is 1. The standard InChI is InChI=1S/C19H24N2S.C5H4N4O/c1-4-20(5-2)15(3)14-21-16-10-6-8-12-18(16)22-19-13-9-7-11-17(19)21;10-9-3-8-4-1-6-2-7-5(4)9/h6-13,15H,4-5,14H2,1-3H3;1-3,10H. The summed E-state index contributed by atoms with van der Waals surface area (Å²) in [5.74, 6) is 0. The molecule has 2 aromatic carbocycles. The number of likely N-dealkylation sites (N-methyl/N-ethyl adjacent to an activating group) is 1. The lowest BCUT2D eigenvalue weighted by atomic mass is 10.1. The zero-order valence-corrected chi connectivity index (χ0v) is 19.4. The van der Waals surface area contributed by atoms with Crippen molar-refractivity contribution in [1.29, 1.82) is 0 Å². The largest absolute Gasteiger partial charge is 0.425 e. The molecule has 166 valence electrons. The molecule has 0 fully saturated rings. The number of fused-ring (bicyclic) bond motifs is 3. The third kappa shape index (κ3) is 4.56. The predicted octanol–water partition coefficient (Wildman–Crippen LogP) is 5.08. The Balaban J connectivity index is 0.000000203. The van der Waals surface area contributed by atoms with Crippen LogP contribution in [-0.2, 0) is 0 Å². The first-order valence-corrected chi connectivity index (χ1v) is 11.6. The van der Waals surface area contributed by atoms with Crippen molar-refractivity contribution in [2.24, 2.45) is 0 Å². The second-order valence-electron chi connectivity index (χ2n) is 7.54. The van der Waals surface area contributed by atoms with Gasteiger partial charge < -0.3 is 10.1 Å². The van der Waals surface area contributed by atoms with Gasteiger partial charge >= 0.3 is 0 Å². The van der Waals surface area contributed by atoms with Crippen molar-refractivity contribution >= 4 is 34.3 Å².